The summed E-state index contributed by atoms with van der Waals surface area (Å²) in [5.74, 6) is -0.299. The Balaban J connectivity index is 1.70. The van der Waals surface area contributed by atoms with E-state index >= 15 is 0 Å². The first-order valence-corrected chi connectivity index (χ1v) is 9.48. The van der Waals surface area contributed by atoms with Crippen LogP contribution in [0.25, 0.3) is 11.5 Å². The maximum Gasteiger partial charge on any atom is 0.273 e. The number of aromatic hydroxyl groups is 1. The first kappa shape index (κ1) is 18.9. The van der Waals surface area contributed by atoms with Crippen molar-refractivity contribution in [1.29, 1.82) is 0 Å². The van der Waals surface area contributed by atoms with Crippen LogP contribution in [0.3, 0.4) is 0 Å². The summed E-state index contributed by atoms with van der Waals surface area (Å²) in [6, 6.07) is 4.98. The van der Waals surface area contributed by atoms with Crippen LogP contribution in [0.1, 0.15) is 61.9 Å². The lowest BCUT2D eigenvalue weighted by molar-refractivity contribution is -0.105. The molecule has 2 amide bonds. The largest absolute Gasteiger partial charge is 0.505 e. The standard InChI is InChI=1S/C20H25N3O4/c24-13-21-16-11-7-10-15(18(16)25)20-23-17(12-27-20)19(26)22-14-8-5-3-1-2-4-6-9-14/h7,10-14,25H,1-6,8-9H2,(H,21,24)(H,22,26). The summed E-state index contributed by atoms with van der Waals surface area (Å²) in [4.78, 5) is 27.4. The number of nitrogens with one attached hydrogen (secondary N) is 2. The van der Waals surface area contributed by atoms with E-state index in [-0.39, 0.29) is 35.0 Å². The van der Waals surface area contributed by atoms with Gasteiger partial charge in [-0.05, 0) is 25.0 Å². The number of hydrogen-bond acceptors (Lipinski definition) is 5. The van der Waals surface area contributed by atoms with Gasteiger partial charge >= 0.3 is 0 Å². The van der Waals surface area contributed by atoms with Crippen molar-refractivity contribution >= 4 is 18.0 Å². The normalized spacial score (nSPS) is 16.0. The van der Waals surface area contributed by atoms with Gasteiger partial charge in [0.25, 0.3) is 5.91 Å². The van der Waals surface area contributed by atoms with Crippen LogP contribution < -0.4 is 10.6 Å². The molecule has 1 aromatic carbocycles. The van der Waals surface area contributed by atoms with Crippen LogP contribution in [0.2, 0.25) is 0 Å². The fraction of sp³-hybridized carbons (Fsp3) is 0.450. The topological polar surface area (TPSA) is 104 Å². The number of phenols is 1. The fourth-order valence-corrected chi connectivity index (χ4v) is 3.43. The first-order valence-electron chi connectivity index (χ1n) is 9.48. The molecule has 27 heavy (non-hydrogen) atoms. The van der Waals surface area contributed by atoms with E-state index in [9.17, 15) is 14.7 Å². The second kappa shape index (κ2) is 9.21. The van der Waals surface area contributed by atoms with Crippen LogP contribution in [0.15, 0.2) is 28.9 Å². The van der Waals surface area contributed by atoms with Gasteiger partial charge in [-0.1, -0.05) is 44.6 Å². The molecule has 1 aromatic heterocycles. The summed E-state index contributed by atoms with van der Waals surface area (Å²) in [5, 5.41) is 15.7. The quantitative estimate of drug-likeness (QED) is 0.547. The molecule has 1 aliphatic carbocycles. The molecule has 0 spiro atoms. The maximum atomic E-state index is 12.5. The monoisotopic (exact) mass is 371 g/mol. The maximum absolute atomic E-state index is 12.5. The van der Waals surface area contributed by atoms with Crippen molar-refractivity contribution in [3.63, 3.8) is 0 Å². The Kier molecular flexibility index (Phi) is 6.46. The molecule has 0 radical (unpaired) electrons. The number of amides is 2. The van der Waals surface area contributed by atoms with Gasteiger partial charge < -0.3 is 20.2 Å². The summed E-state index contributed by atoms with van der Waals surface area (Å²) < 4.78 is 5.39. The van der Waals surface area contributed by atoms with Gasteiger partial charge in [-0.25, -0.2) is 4.98 Å². The molecule has 0 saturated heterocycles. The number of oxazole rings is 1. The number of carbonyl (C=O) groups excluding carboxylic acids is 2. The van der Waals surface area contributed by atoms with Crippen LogP contribution in [0.4, 0.5) is 5.69 Å². The highest BCUT2D eigenvalue weighted by Crippen LogP contribution is 2.34. The molecular weight excluding hydrogens is 346 g/mol. The Morgan fingerprint density at radius 2 is 1.85 bits per heavy atom. The number of rotatable bonds is 5. The number of benzene rings is 1. The molecule has 1 aliphatic rings. The minimum atomic E-state index is -0.268. The van der Waals surface area contributed by atoms with Crippen LogP contribution in [-0.2, 0) is 4.79 Å². The van der Waals surface area contributed by atoms with Gasteiger partial charge in [0.2, 0.25) is 12.3 Å². The van der Waals surface area contributed by atoms with E-state index in [0.29, 0.717) is 12.0 Å². The van der Waals surface area contributed by atoms with Gasteiger partial charge in [-0.3, -0.25) is 9.59 Å². The van der Waals surface area contributed by atoms with Crippen molar-refractivity contribution in [2.24, 2.45) is 0 Å². The van der Waals surface area contributed by atoms with E-state index in [2.05, 4.69) is 15.6 Å². The number of nitrogens with zero attached hydrogens (tertiary/aromatic N) is 1. The summed E-state index contributed by atoms with van der Waals surface area (Å²) in [6.07, 6.45) is 11.0. The smallest absolute Gasteiger partial charge is 0.273 e. The van der Waals surface area contributed by atoms with Crippen LogP contribution in [0.5, 0.6) is 5.75 Å². The van der Waals surface area contributed by atoms with Crippen molar-refractivity contribution in [2.75, 3.05) is 5.32 Å². The van der Waals surface area contributed by atoms with E-state index in [4.69, 9.17) is 4.42 Å². The second-order valence-electron chi connectivity index (χ2n) is 6.87. The van der Waals surface area contributed by atoms with Gasteiger partial charge in [-0.15, -0.1) is 0 Å². The van der Waals surface area contributed by atoms with Crippen LogP contribution in [-0.4, -0.2) is 28.4 Å². The van der Waals surface area contributed by atoms with Crippen molar-refractivity contribution in [2.45, 2.75) is 57.4 Å². The minimum Gasteiger partial charge on any atom is -0.505 e. The minimum absolute atomic E-state index is 0.127. The number of carbonyl (C=O) groups is 2. The number of para-hydroxylation sites is 1. The molecule has 1 saturated carbocycles. The highest BCUT2D eigenvalue weighted by molar-refractivity contribution is 5.93. The fourth-order valence-electron chi connectivity index (χ4n) is 3.43. The Morgan fingerprint density at radius 1 is 1.15 bits per heavy atom. The summed E-state index contributed by atoms with van der Waals surface area (Å²) in [6.45, 7) is 0. The van der Waals surface area contributed by atoms with E-state index in [1.165, 1.54) is 31.9 Å². The van der Waals surface area contributed by atoms with Crippen LogP contribution >= 0.6 is 0 Å². The molecule has 2 aromatic rings. The van der Waals surface area contributed by atoms with E-state index in [1.807, 2.05) is 0 Å². The number of anilines is 1. The van der Waals surface area contributed by atoms with Gasteiger partial charge in [0, 0.05) is 6.04 Å². The zero-order chi connectivity index (χ0) is 19.1. The Hall–Kier alpha value is -2.83. The molecular formula is C20H25N3O4. The van der Waals surface area contributed by atoms with E-state index in [0.717, 1.165) is 25.7 Å². The van der Waals surface area contributed by atoms with Crippen LogP contribution in [0, 0.1) is 0 Å². The predicted molar refractivity (Wildman–Crippen MR) is 101 cm³/mol. The van der Waals surface area contributed by atoms with E-state index in [1.54, 1.807) is 18.2 Å². The Morgan fingerprint density at radius 3 is 2.56 bits per heavy atom. The third-order valence-electron chi connectivity index (χ3n) is 4.91. The molecule has 0 unspecified atom stereocenters. The molecule has 3 rings (SSSR count). The lowest BCUT2D eigenvalue weighted by Crippen LogP contribution is -2.35. The van der Waals surface area contributed by atoms with Gasteiger partial charge in [-0.2, -0.15) is 0 Å². The number of aromatic nitrogens is 1. The molecule has 7 heteroatoms. The molecule has 1 heterocycles. The highest BCUT2D eigenvalue weighted by atomic mass is 16.3. The van der Waals surface area contributed by atoms with E-state index < -0.39 is 0 Å². The zero-order valence-electron chi connectivity index (χ0n) is 15.2. The van der Waals surface area contributed by atoms with Crippen molar-refractivity contribution in [3.8, 4) is 17.2 Å². The van der Waals surface area contributed by atoms with Crippen molar-refractivity contribution in [1.82, 2.24) is 10.3 Å². The SMILES string of the molecule is O=CNc1cccc(-c2nc(C(=O)NC3CCCCCCCC3)co2)c1O. The first-order chi connectivity index (χ1) is 13.2. The zero-order valence-corrected chi connectivity index (χ0v) is 15.2. The number of hydrogen-bond donors (Lipinski definition) is 3. The average Bonchev–Trinajstić information content (AvgIpc) is 3.18. The second-order valence-corrected chi connectivity index (χ2v) is 6.87. The van der Waals surface area contributed by atoms with Crippen molar-refractivity contribution < 1.29 is 19.1 Å². The molecule has 0 atom stereocenters. The Bertz CT molecular complexity index is 777. The molecule has 0 aliphatic heterocycles. The van der Waals surface area contributed by atoms with Gasteiger partial charge in [0.05, 0.1) is 11.3 Å². The molecule has 3 N–H and O–H groups in total. The number of phenolic OH excluding ortho intramolecular Hbond substituents is 1. The summed E-state index contributed by atoms with van der Waals surface area (Å²) in [5.41, 5.74) is 0.735. The van der Waals surface area contributed by atoms with Gasteiger partial charge in [0.1, 0.15) is 6.26 Å². The highest BCUT2D eigenvalue weighted by Gasteiger charge is 2.20. The Labute approximate surface area is 158 Å². The molecule has 7 nitrogen and oxygen atoms in total. The summed E-state index contributed by atoms with van der Waals surface area (Å²) in [7, 11) is 0. The lowest BCUT2D eigenvalue weighted by Gasteiger charge is -2.16. The predicted octanol–water partition coefficient (Wildman–Crippen LogP) is 3.85. The molecule has 0 bridgehead atoms. The summed E-state index contributed by atoms with van der Waals surface area (Å²) >= 11 is 0. The third kappa shape index (κ3) is 4.87. The van der Waals surface area contributed by atoms with Gasteiger partial charge in [0.15, 0.2) is 11.4 Å². The lowest BCUT2D eigenvalue weighted by atomic mass is 10.0. The molecule has 1 fully saturated rings. The third-order valence-corrected chi connectivity index (χ3v) is 4.91. The molecule has 144 valence electrons. The van der Waals surface area contributed by atoms with Crippen molar-refractivity contribution in [3.05, 3.63) is 30.2 Å². The average molecular weight is 371 g/mol.